The number of carbonyl (C=O) groups is 2. The van der Waals surface area contributed by atoms with Crippen molar-refractivity contribution in [2.45, 2.75) is 46.0 Å². The first-order valence-electron chi connectivity index (χ1n) is 9.94. The maximum atomic E-state index is 12.8. The Hall–Kier alpha value is -2.34. The predicted molar refractivity (Wildman–Crippen MR) is 114 cm³/mol. The second-order valence-corrected chi connectivity index (χ2v) is 8.42. The number of nitrogens with one attached hydrogen (secondary N) is 2. The lowest BCUT2D eigenvalue weighted by Gasteiger charge is -2.18. The molecule has 0 fully saturated rings. The van der Waals surface area contributed by atoms with Gasteiger partial charge in [0, 0.05) is 17.5 Å². The van der Waals surface area contributed by atoms with Gasteiger partial charge in [-0.3, -0.25) is 9.59 Å². The van der Waals surface area contributed by atoms with Crippen LogP contribution in [0.5, 0.6) is 5.75 Å². The molecule has 1 aliphatic rings. The second kappa shape index (κ2) is 9.24. The molecule has 2 amide bonds. The summed E-state index contributed by atoms with van der Waals surface area (Å²) in [6, 6.07) is 7.18. The number of ether oxygens (including phenoxy) is 1. The number of hydrogen-bond donors (Lipinski definition) is 2. The van der Waals surface area contributed by atoms with Gasteiger partial charge in [0.1, 0.15) is 10.8 Å². The number of unbranched alkanes of at least 4 members (excludes halogenated alkanes) is 1. The number of carbonyl (C=O) groups excluding carboxylic acids is 2. The average Bonchev–Trinajstić information content (AvgIpc) is 3.04. The largest absolute Gasteiger partial charge is 0.494 e. The zero-order valence-corrected chi connectivity index (χ0v) is 17.6. The summed E-state index contributed by atoms with van der Waals surface area (Å²) in [5.41, 5.74) is 2.24. The highest BCUT2D eigenvalue weighted by Gasteiger charge is 2.28. The second-order valence-electron chi connectivity index (χ2n) is 7.32. The van der Waals surface area contributed by atoms with Gasteiger partial charge in [0.05, 0.1) is 12.2 Å². The molecule has 0 radical (unpaired) electrons. The highest BCUT2D eigenvalue weighted by Crippen LogP contribution is 2.39. The van der Waals surface area contributed by atoms with E-state index >= 15 is 0 Å². The van der Waals surface area contributed by atoms with E-state index in [-0.39, 0.29) is 11.8 Å². The van der Waals surface area contributed by atoms with Crippen LogP contribution < -0.4 is 15.4 Å². The third-order valence-electron chi connectivity index (χ3n) is 5.06. The Labute approximate surface area is 170 Å². The Morgan fingerprint density at radius 3 is 2.86 bits per heavy atom. The van der Waals surface area contributed by atoms with Crippen molar-refractivity contribution >= 4 is 28.2 Å². The van der Waals surface area contributed by atoms with Crippen LogP contribution in [0, 0.1) is 5.92 Å². The Bertz CT molecular complexity index is 859. The highest BCUT2D eigenvalue weighted by molar-refractivity contribution is 7.17. The molecule has 150 valence electrons. The number of amides is 2. The standard InChI is InChI=1S/C22H28N2O3S/c1-4-5-11-27-16-8-6-7-15(13-16)20(25)24-22-19(21(26)23-3)17-10-9-14(2)12-18(17)28-22/h6-8,13-14H,4-5,9-12H2,1-3H3,(H,23,26)(H,24,25)/t14-/m0/s1. The van der Waals surface area contributed by atoms with Gasteiger partial charge in [-0.2, -0.15) is 0 Å². The van der Waals surface area contributed by atoms with Crippen LogP contribution >= 0.6 is 11.3 Å². The molecule has 6 heteroatoms. The molecule has 2 N–H and O–H groups in total. The number of anilines is 1. The predicted octanol–water partition coefficient (Wildman–Crippen LogP) is 4.66. The van der Waals surface area contributed by atoms with E-state index in [9.17, 15) is 9.59 Å². The van der Waals surface area contributed by atoms with Crippen LogP contribution in [-0.2, 0) is 12.8 Å². The third-order valence-corrected chi connectivity index (χ3v) is 6.23. The minimum Gasteiger partial charge on any atom is -0.494 e. The van der Waals surface area contributed by atoms with E-state index in [2.05, 4.69) is 24.5 Å². The van der Waals surface area contributed by atoms with Crippen molar-refractivity contribution in [1.29, 1.82) is 0 Å². The van der Waals surface area contributed by atoms with Crippen molar-refractivity contribution in [3.8, 4) is 5.75 Å². The molecule has 0 aliphatic heterocycles. The SMILES string of the molecule is CCCCOc1cccc(C(=O)Nc2sc3c(c2C(=O)NC)CC[C@H](C)C3)c1. The Morgan fingerprint density at radius 1 is 1.29 bits per heavy atom. The first kappa shape index (κ1) is 20.4. The van der Waals surface area contributed by atoms with Crippen molar-refractivity contribution in [2.75, 3.05) is 19.0 Å². The molecule has 0 bridgehead atoms. The molecule has 1 aromatic carbocycles. The monoisotopic (exact) mass is 400 g/mol. The van der Waals surface area contributed by atoms with Gasteiger partial charge in [0.15, 0.2) is 0 Å². The van der Waals surface area contributed by atoms with Gasteiger partial charge >= 0.3 is 0 Å². The van der Waals surface area contributed by atoms with Gasteiger partial charge in [-0.1, -0.05) is 26.3 Å². The molecule has 0 saturated carbocycles. The van der Waals surface area contributed by atoms with E-state index in [0.717, 1.165) is 37.7 Å². The fourth-order valence-electron chi connectivity index (χ4n) is 3.44. The summed E-state index contributed by atoms with van der Waals surface area (Å²) in [6.45, 7) is 4.97. The van der Waals surface area contributed by atoms with Crippen LogP contribution in [-0.4, -0.2) is 25.5 Å². The molecule has 28 heavy (non-hydrogen) atoms. The topological polar surface area (TPSA) is 67.4 Å². The molecule has 2 aromatic rings. The Balaban J connectivity index is 1.82. The Kier molecular flexibility index (Phi) is 6.73. The number of rotatable bonds is 7. The van der Waals surface area contributed by atoms with Crippen LogP contribution in [0.25, 0.3) is 0 Å². The third kappa shape index (κ3) is 4.55. The molecule has 1 aromatic heterocycles. The zero-order valence-electron chi connectivity index (χ0n) is 16.8. The molecule has 0 spiro atoms. The van der Waals surface area contributed by atoms with Crippen molar-refractivity contribution in [3.05, 3.63) is 45.8 Å². The minimum absolute atomic E-state index is 0.140. The van der Waals surface area contributed by atoms with Gasteiger partial charge in [-0.25, -0.2) is 0 Å². The summed E-state index contributed by atoms with van der Waals surface area (Å²) < 4.78 is 5.70. The van der Waals surface area contributed by atoms with E-state index in [1.807, 2.05) is 12.1 Å². The maximum Gasteiger partial charge on any atom is 0.256 e. The number of hydrogen-bond acceptors (Lipinski definition) is 4. The summed E-state index contributed by atoms with van der Waals surface area (Å²) in [5.74, 6) is 0.924. The van der Waals surface area contributed by atoms with Gasteiger partial charge < -0.3 is 15.4 Å². The Morgan fingerprint density at radius 2 is 2.11 bits per heavy atom. The van der Waals surface area contributed by atoms with Gasteiger partial charge in [0.25, 0.3) is 11.8 Å². The fraction of sp³-hybridized carbons (Fsp3) is 0.455. The lowest BCUT2D eigenvalue weighted by molar-refractivity contribution is 0.0963. The first-order valence-corrected chi connectivity index (χ1v) is 10.8. The van der Waals surface area contributed by atoms with Crippen molar-refractivity contribution in [1.82, 2.24) is 5.32 Å². The molecular weight excluding hydrogens is 372 g/mol. The van der Waals surface area contributed by atoms with E-state index in [1.54, 1.807) is 19.2 Å². The van der Waals surface area contributed by atoms with Gasteiger partial charge in [0.2, 0.25) is 0 Å². The summed E-state index contributed by atoms with van der Waals surface area (Å²) in [5, 5.41) is 6.33. The van der Waals surface area contributed by atoms with Gasteiger partial charge in [-0.05, 0) is 55.4 Å². The molecule has 1 aliphatic carbocycles. The lowest BCUT2D eigenvalue weighted by Crippen LogP contribution is -2.22. The van der Waals surface area contributed by atoms with Crippen LogP contribution in [0.4, 0.5) is 5.00 Å². The molecule has 1 atom stereocenters. The van der Waals surface area contributed by atoms with Crippen molar-refractivity contribution in [2.24, 2.45) is 5.92 Å². The molecule has 5 nitrogen and oxygen atoms in total. The van der Waals surface area contributed by atoms with Crippen LogP contribution in [0.2, 0.25) is 0 Å². The summed E-state index contributed by atoms with van der Waals surface area (Å²) in [4.78, 5) is 26.5. The highest BCUT2D eigenvalue weighted by atomic mass is 32.1. The first-order chi connectivity index (χ1) is 13.5. The van der Waals surface area contributed by atoms with E-state index in [0.29, 0.717) is 34.4 Å². The number of benzene rings is 1. The average molecular weight is 401 g/mol. The number of fused-ring (bicyclic) bond motifs is 1. The molecule has 0 unspecified atom stereocenters. The smallest absolute Gasteiger partial charge is 0.256 e. The fourth-order valence-corrected chi connectivity index (χ4v) is 4.84. The van der Waals surface area contributed by atoms with Crippen molar-refractivity contribution < 1.29 is 14.3 Å². The van der Waals surface area contributed by atoms with E-state index < -0.39 is 0 Å². The number of thiophene rings is 1. The van der Waals surface area contributed by atoms with Crippen LogP contribution in [0.3, 0.4) is 0 Å². The molecular formula is C22H28N2O3S. The lowest BCUT2D eigenvalue weighted by atomic mass is 9.88. The van der Waals surface area contributed by atoms with E-state index in [4.69, 9.17) is 4.74 Å². The zero-order chi connectivity index (χ0) is 20.1. The molecule has 3 rings (SSSR count). The molecule has 1 heterocycles. The minimum atomic E-state index is -0.224. The quantitative estimate of drug-likeness (QED) is 0.664. The summed E-state index contributed by atoms with van der Waals surface area (Å²) >= 11 is 1.53. The van der Waals surface area contributed by atoms with Crippen LogP contribution in [0.15, 0.2) is 24.3 Å². The summed E-state index contributed by atoms with van der Waals surface area (Å²) in [6.07, 6.45) is 4.94. The normalized spacial score (nSPS) is 15.6. The van der Waals surface area contributed by atoms with E-state index in [1.165, 1.54) is 16.2 Å². The maximum absolute atomic E-state index is 12.8. The van der Waals surface area contributed by atoms with Crippen molar-refractivity contribution in [3.63, 3.8) is 0 Å². The summed E-state index contributed by atoms with van der Waals surface area (Å²) in [7, 11) is 1.63. The molecule has 0 saturated heterocycles. The van der Waals surface area contributed by atoms with Gasteiger partial charge in [-0.15, -0.1) is 11.3 Å². The van der Waals surface area contributed by atoms with Crippen LogP contribution in [0.1, 0.15) is 64.3 Å².